The van der Waals surface area contributed by atoms with Crippen LogP contribution in [0.15, 0.2) is 91.5 Å². The second-order valence-corrected chi connectivity index (χ2v) is 7.58. The van der Waals surface area contributed by atoms with Gasteiger partial charge in [0.15, 0.2) is 0 Å². The van der Waals surface area contributed by atoms with Crippen LogP contribution in [-0.2, 0) is 4.79 Å². The SMILES string of the molecule is CCOc1ccccc1NC(=O)[C@@H](N[C@@H](C)c1ccc(-n2cncn2)cc1)c1ccccc1. The number of anilines is 1. The van der Waals surface area contributed by atoms with Crippen LogP contribution in [0.5, 0.6) is 5.75 Å². The lowest BCUT2D eigenvalue weighted by Gasteiger charge is -2.24. The van der Waals surface area contributed by atoms with E-state index in [1.54, 1.807) is 11.0 Å². The molecule has 0 saturated carbocycles. The summed E-state index contributed by atoms with van der Waals surface area (Å²) in [6.07, 6.45) is 3.16. The molecule has 7 heteroatoms. The van der Waals surface area contributed by atoms with Crippen LogP contribution in [0.3, 0.4) is 0 Å². The maximum atomic E-state index is 13.4. The number of ether oxygens (including phenoxy) is 1. The Morgan fingerprint density at radius 2 is 1.70 bits per heavy atom. The van der Waals surface area contributed by atoms with Gasteiger partial charge in [-0.1, -0.05) is 54.6 Å². The van der Waals surface area contributed by atoms with Gasteiger partial charge in [0.2, 0.25) is 5.91 Å². The fourth-order valence-corrected chi connectivity index (χ4v) is 3.63. The quantitative estimate of drug-likeness (QED) is 0.394. The number of aromatic nitrogens is 3. The lowest BCUT2D eigenvalue weighted by atomic mass is 10.0. The zero-order valence-electron chi connectivity index (χ0n) is 18.7. The lowest BCUT2D eigenvalue weighted by Crippen LogP contribution is -2.34. The molecule has 1 heterocycles. The molecule has 168 valence electrons. The molecule has 0 aliphatic rings. The van der Waals surface area contributed by atoms with Crippen LogP contribution in [-0.4, -0.2) is 27.3 Å². The highest BCUT2D eigenvalue weighted by atomic mass is 16.5. The van der Waals surface area contributed by atoms with E-state index in [1.165, 1.54) is 6.33 Å². The third kappa shape index (κ3) is 5.45. The third-order valence-electron chi connectivity index (χ3n) is 5.33. The molecule has 0 spiro atoms. The van der Waals surface area contributed by atoms with Crippen molar-refractivity contribution < 1.29 is 9.53 Å². The monoisotopic (exact) mass is 441 g/mol. The maximum absolute atomic E-state index is 13.4. The van der Waals surface area contributed by atoms with E-state index >= 15 is 0 Å². The molecule has 0 aliphatic carbocycles. The average Bonchev–Trinajstić information content (AvgIpc) is 3.39. The van der Waals surface area contributed by atoms with Crippen LogP contribution in [0.25, 0.3) is 5.69 Å². The smallest absolute Gasteiger partial charge is 0.246 e. The van der Waals surface area contributed by atoms with Crippen LogP contribution in [0.1, 0.15) is 37.1 Å². The minimum atomic E-state index is -0.550. The van der Waals surface area contributed by atoms with Crippen LogP contribution < -0.4 is 15.4 Å². The molecule has 4 aromatic rings. The molecule has 1 aromatic heterocycles. The molecule has 33 heavy (non-hydrogen) atoms. The zero-order chi connectivity index (χ0) is 23.0. The molecule has 2 atom stereocenters. The number of amides is 1. The van der Waals surface area contributed by atoms with Crippen LogP contribution >= 0.6 is 0 Å². The first kappa shape index (κ1) is 22.2. The van der Waals surface area contributed by atoms with E-state index in [9.17, 15) is 4.79 Å². The molecule has 2 N–H and O–H groups in total. The van der Waals surface area contributed by atoms with Crippen molar-refractivity contribution in [3.63, 3.8) is 0 Å². The second-order valence-electron chi connectivity index (χ2n) is 7.58. The number of nitrogens with zero attached hydrogens (tertiary/aromatic N) is 3. The number of benzene rings is 3. The molecule has 0 saturated heterocycles. The zero-order valence-corrected chi connectivity index (χ0v) is 18.7. The maximum Gasteiger partial charge on any atom is 0.246 e. The fraction of sp³-hybridized carbons (Fsp3) is 0.192. The van der Waals surface area contributed by atoms with E-state index in [4.69, 9.17) is 4.74 Å². The molecule has 1 amide bonds. The van der Waals surface area contributed by atoms with Crippen molar-refractivity contribution in [2.45, 2.75) is 25.9 Å². The molecule has 0 bridgehead atoms. The number of carbonyl (C=O) groups is 1. The predicted octanol–water partition coefficient (Wildman–Crippen LogP) is 4.70. The van der Waals surface area contributed by atoms with Crippen LogP contribution in [0.2, 0.25) is 0 Å². The number of hydrogen-bond donors (Lipinski definition) is 2. The van der Waals surface area contributed by atoms with E-state index in [0.29, 0.717) is 18.0 Å². The largest absolute Gasteiger partial charge is 0.492 e. The number of rotatable bonds is 9. The van der Waals surface area contributed by atoms with E-state index in [0.717, 1.165) is 16.8 Å². The van der Waals surface area contributed by atoms with Crippen molar-refractivity contribution in [3.8, 4) is 11.4 Å². The summed E-state index contributed by atoms with van der Waals surface area (Å²) < 4.78 is 7.38. The molecular formula is C26H27N5O2. The van der Waals surface area contributed by atoms with Crippen molar-refractivity contribution in [2.75, 3.05) is 11.9 Å². The Bertz CT molecular complexity index is 1160. The Hall–Kier alpha value is -3.97. The second kappa shape index (κ2) is 10.6. The van der Waals surface area contributed by atoms with Crippen molar-refractivity contribution >= 4 is 11.6 Å². The van der Waals surface area contributed by atoms with Gasteiger partial charge in [-0.15, -0.1) is 0 Å². The molecule has 0 fully saturated rings. The summed E-state index contributed by atoms with van der Waals surface area (Å²) in [4.78, 5) is 17.4. The molecule has 0 radical (unpaired) electrons. The first-order valence-corrected chi connectivity index (χ1v) is 10.9. The van der Waals surface area contributed by atoms with Gasteiger partial charge in [-0.3, -0.25) is 10.1 Å². The van der Waals surface area contributed by atoms with Gasteiger partial charge in [0, 0.05) is 6.04 Å². The third-order valence-corrected chi connectivity index (χ3v) is 5.33. The number of nitrogens with one attached hydrogen (secondary N) is 2. The van der Waals surface area contributed by atoms with Gasteiger partial charge in [0.25, 0.3) is 0 Å². The van der Waals surface area contributed by atoms with E-state index < -0.39 is 6.04 Å². The lowest BCUT2D eigenvalue weighted by molar-refractivity contribution is -0.118. The Labute approximate surface area is 193 Å². The van der Waals surface area contributed by atoms with Crippen molar-refractivity contribution in [3.05, 3.63) is 103 Å². The predicted molar refractivity (Wildman–Crippen MR) is 128 cm³/mol. The summed E-state index contributed by atoms with van der Waals surface area (Å²) >= 11 is 0. The van der Waals surface area contributed by atoms with Crippen molar-refractivity contribution in [1.29, 1.82) is 0 Å². The Morgan fingerprint density at radius 3 is 2.39 bits per heavy atom. The van der Waals surface area contributed by atoms with Gasteiger partial charge in [0.05, 0.1) is 18.0 Å². The highest BCUT2D eigenvalue weighted by Crippen LogP contribution is 2.27. The molecule has 0 aliphatic heterocycles. The van der Waals surface area contributed by atoms with Gasteiger partial charge in [-0.05, 0) is 49.2 Å². The normalized spacial score (nSPS) is 12.7. The summed E-state index contributed by atoms with van der Waals surface area (Å²) in [6, 6.07) is 24.6. The van der Waals surface area contributed by atoms with Crippen molar-refractivity contribution in [2.24, 2.45) is 0 Å². The van der Waals surface area contributed by atoms with E-state index in [2.05, 4.69) is 20.7 Å². The molecule has 7 nitrogen and oxygen atoms in total. The topological polar surface area (TPSA) is 81.1 Å². The number of para-hydroxylation sites is 2. The summed E-state index contributed by atoms with van der Waals surface area (Å²) in [7, 11) is 0. The van der Waals surface area contributed by atoms with Gasteiger partial charge >= 0.3 is 0 Å². The highest BCUT2D eigenvalue weighted by Gasteiger charge is 2.24. The summed E-state index contributed by atoms with van der Waals surface area (Å²) in [6.45, 7) is 4.49. The minimum Gasteiger partial charge on any atom is -0.492 e. The first-order chi connectivity index (χ1) is 16.2. The number of carbonyl (C=O) groups excluding carboxylic acids is 1. The Kier molecular flexibility index (Phi) is 7.12. The Balaban J connectivity index is 1.54. The summed E-state index contributed by atoms with van der Waals surface area (Å²) in [5.41, 5.74) is 3.52. The van der Waals surface area contributed by atoms with Crippen LogP contribution in [0.4, 0.5) is 5.69 Å². The molecule has 0 unspecified atom stereocenters. The van der Waals surface area contributed by atoms with Crippen LogP contribution in [0, 0.1) is 0 Å². The molecular weight excluding hydrogens is 414 g/mol. The minimum absolute atomic E-state index is 0.0760. The Morgan fingerprint density at radius 1 is 0.970 bits per heavy atom. The summed E-state index contributed by atoms with van der Waals surface area (Å²) in [5.74, 6) is 0.497. The van der Waals surface area contributed by atoms with Crippen molar-refractivity contribution in [1.82, 2.24) is 20.1 Å². The average molecular weight is 442 g/mol. The fourth-order valence-electron chi connectivity index (χ4n) is 3.63. The van der Waals surface area contributed by atoms with Gasteiger partial charge < -0.3 is 10.1 Å². The van der Waals surface area contributed by atoms with E-state index in [-0.39, 0.29) is 11.9 Å². The first-order valence-electron chi connectivity index (χ1n) is 10.9. The van der Waals surface area contributed by atoms with E-state index in [1.807, 2.05) is 92.7 Å². The molecule has 4 rings (SSSR count). The van der Waals surface area contributed by atoms with Gasteiger partial charge in [0.1, 0.15) is 24.4 Å². The summed E-state index contributed by atoms with van der Waals surface area (Å²) in [5, 5.41) is 10.7. The van der Waals surface area contributed by atoms with Gasteiger partial charge in [-0.2, -0.15) is 5.10 Å². The van der Waals surface area contributed by atoms with Gasteiger partial charge in [-0.25, -0.2) is 9.67 Å². The standard InChI is InChI=1S/C26H27N5O2/c1-3-33-24-12-8-7-11-23(24)30-26(32)25(21-9-5-4-6-10-21)29-19(2)20-13-15-22(16-14-20)31-18-27-17-28-31/h4-19,25,29H,3H2,1-2H3,(H,30,32)/t19-,25-/m0/s1. The number of hydrogen-bond acceptors (Lipinski definition) is 5. The highest BCUT2D eigenvalue weighted by molar-refractivity contribution is 5.96. The molecule has 3 aromatic carbocycles.